The minimum atomic E-state index is -0.819. The Morgan fingerprint density at radius 1 is 1.43 bits per heavy atom. The van der Waals surface area contributed by atoms with E-state index in [1.165, 1.54) is 0 Å². The molecular formula is C17H23NO3. The summed E-state index contributed by atoms with van der Waals surface area (Å²) in [5, 5.41) is 9.38. The highest BCUT2D eigenvalue weighted by Crippen LogP contribution is 2.36. The third-order valence-electron chi connectivity index (χ3n) is 4.63. The van der Waals surface area contributed by atoms with Crippen LogP contribution in [-0.2, 0) is 11.2 Å². The minimum absolute atomic E-state index is 0.0923. The van der Waals surface area contributed by atoms with Crippen molar-refractivity contribution in [2.45, 2.75) is 51.2 Å². The number of carboxylic acid groups (broad SMARTS) is 1. The van der Waals surface area contributed by atoms with Gasteiger partial charge in [-0.1, -0.05) is 6.07 Å². The zero-order chi connectivity index (χ0) is 15.0. The van der Waals surface area contributed by atoms with Gasteiger partial charge in [0.2, 0.25) is 0 Å². The molecule has 0 radical (unpaired) electrons. The molecule has 2 aliphatic heterocycles. The fourth-order valence-electron chi connectivity index (χ4n) is 3.70. The normalized spacial score (nSPS) is 24.5. The molecule has 4 heteroatoms. The van der Waals surface area contributed by atoms with Crippen LogP contribution >= 0.6 is 0 Å². The summed E-state index contributed by atoms with van der Waals surface area (Å²) >= 11 is 0. The average molecular weight is 289 g/mol. The molecule has 1 fully saturated rings. The Morgan fingerprint density at radius 3 is 2.95 bits per heavy atom. The maximum atomic E-state index is 11.4. The molecule has 0 spiro atoms. The van der Waals surface area contributed by atoms with Crippen LogP contribution in [0, 0.1) is 0 Å². The van der Waals surface area contributed by atoms with Crippen LogP contribution in [0.15, 0.2) is 18.2 Å². The number of hydrogen-bond donors (Lipinski definition) is 1. The molecule has 1 atom stereocenters. The predicted molar refractivity (Wildman–Crippen MR) is 82.1 cm³/mol. The summed E-state index contributed by atoms with van der Waals surface area (Å²) in [7, 11) is 0. The minimum Gasteiger partial charge on any atom is -0.478 e. The first-order chi connectivity index (χ1) is 9.98. The molecular weight excluding hydrogens is 266 g/mol. The monoisotopic (exact) mass is 289 g/mol. The second-order valence-corrected chi connectivity index (χ2v) is 6.66. The second-order valence-electron chi connectivity index (χ2n) is 6.66. The van der Waals surface area contributed by atoms with E-state index in [1.54, 1.807) is 6.07 Å². The maximum absolute atomic E-state index is 11.4. The number of carbonyl (C=O) groups is 1. The van der Waals surface area contributed by atoms with Gasteiger partial charge in [-0.05, 0) is 57.2 Å². The van der Waals surface area contributed by atoms with E-state index < -0.39 is 5.97 Å². The molecule has 0 bridgehead atoms. The van der Waals surface area contributed by atoms with E-state index in [1.807, 2.05) is 6.07 Å². The molecule has 0 aromatic heterocycles. The number of aromatic carboxylic acids is 1. The van der Waals surface area contributed by atoms with Gasteiger partial charge in [-0.2, -0.15) is 0 Å². The van der Waals surface area contributed by atoms with Crippen molar-refractivity contribution in [3.05, 3.63) is 29.3 Å². The molecule has 0 aliphatic carbocycles. The third kappa shape index (κ3) is 2.77. The Hall–Kier alpha value is -1.55. The predicted octanol–water partition coefficient (Wildman–Crippen LogP) is 3.10. The van der Waals surface area contributed by atoms with Crippen molar-refractivity contribution < 1.29 is 14.6 Å². The summed E-state index contributed by atoms with van der Waals surface area (Å²) < 4.78 is 5.82. The van der Waals surface area contributed by atoms with Crippen LogP contribution < -0.4 is 4.90 Å². The average Bonchev–Trinajstić information content (AvgIpc) is 2.44. The van der Waals surface area contributed by atoms with E-state index in [0.29, 0.717) is 11.6 Å². The Kier molecular flexibility index (Phi) is 3.66. The topological polar surface area (TPSA) is 49.8 Å². The van der Waals surface area contributed by atoms with Crippen molar-refractivity contribution >= 4 is 11.7 Å². The number of benzene rings is 1. The van der Waals surface area contributed by atoms with Crippen molar-refractivity contribution in [3.63, 3.8) is 0 Å². The number of fused-ring (bicyclic) bond motifs is 1. The van der Waals surface area contributed by atoms with Crippen LogP contribution in [0.2, 0.25) is 0 Å². The van der Waals surface area contributed by atoms with Crippen molar-refractivity contribution in [1.29, 1.82) is 0 Å². The maximum Gasteiger partial charge on any atom is 0.336 e. The molecule has 1 unspecified atom stereocenters. The van der Waals surface area contributed by atoms with Crippen molar-refractivity contribution in [2.24, 2.45) is 0 Å². The Bertz CT molecular complexity index is 553. The van der Waals surface area contributed by atoms with Crippen LogP contribution in [0.3, 0.4) is 0 Å². The molecule has 1 aromatic carbocycles. The molecule has 2 heterocycles. The summed E-state index contributed by atoms with van der Waals surface area (Å²) in [6.45, 7) is 6.06. The van der Waals surface area contributed by atoms with E-state index in [-0.39, 0.29) is 5.60 Å². The van der Waals surface area contributed by atoms with Gasteiger partial charge < -0.3 is 14.7 Å². The summed E-state index contributed by atoms with van der Waals surface area (Å²) in [6.07, 6.45) is 3.89. The van der Waals surface area contributed by atoms with Gasteiger partial charge in [-0.15, -0.1) is 0 Å². The van der Waals surface area contributed by atoms with Crippen LogP contribution in [0.4, 0.5) is 5.69 Å². The lowest BCUT2D eigenvalue weighted by Gasteiger charge is -2.44. The van der Waals surface area contributed by atoms with Crippen LogP contribution in [0.25, 0.3) is 0 Å². The standard InChI is InChI=1S/C17H23NO3/c1-17(2)11-12(8-10-21-17)18-9-4-6-13-14(16(19)20)5-3-7-15(13)18/h3,5,7,12H,4,6,8-11H2,1-2H3,(H,19,20). The van der Waals surface area contributed by atoms with Crippen molar-refractivity contribution in [2.75, 3.05) is 18.1 Å². The number of carboxylic acids is 1. The van der Waals surface area contributed by atoms with E-state index in [4.69, 9.17) is 4.74 Å². The van der Waals surface area contributed by atoms with Gasteiger partial charge in [0.25, 0.3) is 0 Å². The SMILES string of the molecule is CC1(C)CC(N2CCCc3c(C(=O)O)cccc32)CCO1. The zero-order valence-corrected chi connectivity index (χ0v) is 12.8. The number of ether oxygens (including phenoxy) is 1. The number of nitrogens with zero attached hydrogens (tertiary/aromatic N) is 1. The molecule has 0 amide bonds. The Balaban J connectivity index is 1.94. The van der Waals surface area contributed by atoms with Gasteiger partial charge in [-0.3, -0.25) is 0 Å². The van der Waals surface area contributed by atoms with Gasteiger partial charge >= 0.3 is 5.97 Å². The molecule has 1 N–H and O–H groups in total. The van der Waals surface area contributed by atoms with Crippen LogP contribution in [-0.4, -0.2) is 35.9 Å². The molecule has 2 aliphatic rings. The largest absolute Gasteiger partial charge is 0.478 e. The lowest BCUT2D eigenvalue weighted by atomic mass is 9.89. The number of hydrogen-bond acceptors (Lipinski definition) is 3. The second kappa shape index (κ2) is 5.34. The molecule has 1 saturated heterocycles. The van der Waals surface area contributed by atoms with Gasteiger partial charge in [0.15, 0.2) is 0 Å². The van der Waals surface area contributed by atoms with Crippen LogP contribution in [0.1, 0.15) is 49.0 Å². The van der Waals surface area contributed by atoms with E-state index in [0.717, 1.165) is 50.1 Å². The fraction of sp³-hybridized carbons (Fsp3) is 0.588. The van der Waals surface area contributed by atoms with Gasteiger partial charge in [0.05, 0.1) is 11.2 Å². The highest BCUT2D eigenvalue weighted by atomic mass is 16.5. The first kappa shape index (κ1) is 14.4. The lowest BCUT2D eigenvalue weighted by molar-refractivity contribution is -0.0590. The van der Waals surface area contributed by atoms with Crippen molar-refractivity contribution in [1.82, 2.24) is 0 Å². The van der Waals surface area contributed by atoms with E-state index in [2.05, 4.69) is 24.8 Å². The number of rotatable bonds is 2. The highest BCUT2D eigenvalue weighted by molar-refractivity contribution is 5.91. The lowest BCUT2D eigenvalue weighted by Crippen LogP contribution is -2.48. The molecule has 21 heavy (non-hydrogen) atoms. The third-order valence-corrected chi connectivity index (χ3v) is 4.63. The summed E-state index contributed by atoms with van der Waals surface area (Å²) in [5.74, 6) is -0.819. The molecule has 4 nitrogen and oxygen atoms in total. The van der Waals surface area contributed by atoms with Gasteiger partial charge in [-0.25, -0.2) is 4.79 Å². The van der Waals surface area contributed by atoms with E-state index in [9.17, 15) is 9.90 Å². The first-order valence-corrected chi connectivity index (χ1v) is 7.74. The molecule has 0 saturated carbocycles. The zero-order valence-electron chi connectivity index (χ0n) is 12.8. The summed E-state index contributed by atoms with van der Waals surface area (Å²) in [6, 6.07) is 6.10. The molecule has 3 rings (SSSR count). The summed E-state index contributed by atoms with van der Waals surface area (Å²) in [5.41, 5.74) is 2.48. The highest BCUT2D eigenvalue weighted by Gasteiger charge is 2.34. The quantitative estimate of drug-likeness (QED) is 0.909. The molecule has 114 valence electrons. The molecule has 1 aromatic rings. The van der Waals surface area contributed by atoms with Gasteiger partial charge in [0, 0.05) is 24.9 Å². The first-order valence-electron chi connectivity index (χ1n) is 7.74. The van der Waals surface area contributed by atoms with E-state index >= 15 is 0 Å². The van der Waals surface area contributed by atoms with Gasteiger partial charge in [0.1, 0.15) is 0 Å². The Morgan fingerprint density at radius 2 is 2.24 bits per heavy atom. The smallest absolute Gasteiger partial charge is 0.336 e. The summed E-state index contributed by atoms with van der Waals surface area (Å²) in [4.78, 5) is 13.8. The number of anilines is 1. The fourth-order valence-corrected chi connectivity index (χ4v) is 3.70. The van der Waals surface area contributed by atoms with Crippen molar-refractivity contribution in [3.8, 4) is 0 Å². The Labute approximate surface area is 125 Å². The van der Waals surface area contributed by atoms with Crippen LogP contribution in [0.5, 0.6) is 0 Å².